The molecule has 1 aliphatic carbocycles. The zero-order chi connectivity index (χ0) is 45.8. The van der Waals surface area contributed by atoms with Gasteiger partial charge >= 0.3 is 0 Å². The molecule has 0 amide bonds. The van der Waals surface area contributed by atoms with E-state index in [1.54, 1.807) is 0 Å². The molecule has 1 aromatic heterocycles. The number of nitrogens with zero attached hydrogens (tertiary/aromatic N) is 2. The Morgan fingerprint density at radius 2 is 0.841 bits per heavy atom. The second-order valence-corrected chi connectivity index (χ2v) is 19.3. The van der Waals surface area contributed by atoms with Crippen LogP contribution in [0.15, 0.2) is 243 Å². The third-order valence-electron chi connectivity index (χ3n) is 15.1. The van der Waals surface area contributed by atoms with Gasteiger partial charge in [0, 0.05) is 38.9 Å². The lowest BCUT2D eigenvalue weighted by molar-refractivity contribution is 0.660. The van der Waals surface area contributed by atoms with E-state index in [-0.39, 0.29) is 5.41 Å². The van der Waals surface area contributed by atoms with Crippen molar-refractivity contribution in [1.82, 2.24) is 4.57 Å². The van der Waals surface area contributed by atoms with E-state index in [1.165, 1.54) is 110 Å². The van der Waals surface area contributed by atoms with Crippen LogP contribution in [-0.2, 0) is 5.41 Å². The Bertz CT molecular complexity index is 4090. The van der Waals surface area contributed by atoms with Crippen molar-refractivity contribution in [2.75, 3.05) is 4.90 Å². The van der Waals surface area contributed by atoms with E-state index in [4.69, 9.17) is 0 Å². The number of hydrogen-bond donors (Lipinski definition) is 0. The average molecular weight is 879 g/mol. The van der Waals surface area contributed by atoms with Crippen LogP contribution in [0.2, 0.25) is 0 Å². The number of aromatic nitrogens is 1. The molecule has 12 aromatic carbocycles. The van der Waals surface area contributed by atoms with E-state index in [0.717, 1.165) is 22.7 Å². The van der Waals surface area contributed by atoms with Gasteiger partial charge in [-0.2, -0.15) is 0 Å². The van der Waals surface area contributed by atoms with Crippen molar-refractivity contribution in [2.45, 2.75) is 19.3 Å². The van der Waals surface area contributed by atoms with Crippen LogP contribution >= 0.6 is 0 Å². The highest BCUT2D eigenvalue weighted by Gasteiger charge is 2.35. The molecular formula is C67H46N2. The molecular weight excluding hydrogens is 833 g/mol. The average Bonchev–Trinajstić information content (AvgIpc) is 3.86. The Labute approximate surface area is 401 Å². The SMILES string of the molecule is CC1(C)c2ccccc2-c2ccc(N(c3ccc(-c4ccccc4)cc3)c3ccc(-c4ccc5c6c7ccc8cccc9ccc(cc6n(-c6ccc(-c%10ccccc%10)cc6)c5c4)c7c98)cc3)cc21. The first-order chi connectivity index (χ1) is 34.0. The van der Waals surface area contributed by atoms with Gasteiger partial charge in [0.1, 0.15) is 0 Å². The van der Waals surface area contributed by atoms with Crippen LogP contribution < -0.4 is 4.90 Å². The van der Waals surface area contributed by atoms with Crippen LogP contribution in [0.4, 0.5) is 17.1 Å². The van der Waals surface area contributed by atoms with Crippen molar-refractivity contribution in [3.8, 4) is 50.2 Å². The van der Waals surface area contributed by atoms with E-state index >= 15 is 0 Å². The summed E-state index contributed by atoms with van der Waals surface area (Å²) >= 11 is 0. The standard InChI is InChI=1S/C67H46N2/c1-67(2)60-19-10-9-18-56(60)57-39-36-55(42-61(57)67)68(52-30-22-45(23-31-52)43-12-5-3-6-13-43)53-32-26-47(27-33-53)50-29-37-58-62(40-50)69(54-34-24-46(25-35-54)44-14-7-4-8-15-44)63-41-51-21-20-48-16-11-17-49-28-38-59(66(58)63)65(51)64(48)49/h3-42H,1-2H3. The van der Waals surface area contributed by atoms with Crippen LogP contribution in [0.25, 0.3) is 104 Å². The minimum absolute atomic E-state index is 0.114. The van der Waals surface area contributed by atoms with Crippen molar-refractivity contribution in [3.05, 3.63) is 254 Å². The van der Waals surface area contributed by atoms with Crippen LogP contribution in [0, 0.1) is 0 Å². The number of benzene rings is 12. The van der Waals surface area contributed by atoms with Gasteiger partial charge in [-0.1, -0.05) is 196 Å². The monoisotopic (exact) mass is 878 g/mol. The summed E-state index contributed by atoms with van der Waals surface area (Å²) in [4.78, 5) is 2.41. The Balaban J connectivity index is 0.917. The second kappa shape index (κ2) is 15.2. The number of fused-ring (bicyclic) bond motifs is 7. The molecule has 0 fully saturated rings. The van der Waals surface area contributed by atoms with Gasteiger partial charge in [-0.25, -0.2) is 0 Å². The summed E-state index contributed by atoms with van der Waals surface area (Å²) < 4.78 is 2.49. The Morgan fingerprint density at radius 3 is 1.52 bits per heavy atom. The van der Waals surface area contributed by atoms with Gasteiger partial charge in [-0.05, 0) is 149 Å². The second-order valence-electron chi connectivity index (χ2n) is 19.3. The summed E-state index contributed by atoms with van der Waals surface area (Å²) in [5.74, 6) is 0. The van der Waals surface area contributed by atoms with Crippen LogP contribution in [-0.4, -0.2) is 4.57 Å². The van der Waals surface area contributed by atoms with Crippen molar-refractivity contribution in [2.24, 2.45) is 0 Å². The van der Waals surface area contributed by atoms with Crippen molar-refractivity contribution < 1.29 is 0 Å². The van der Waals surface area contributed by atoms with Gasteiger partial charge in [-0.3, -0.25) is 0 Å². The maximum absolute atomic E-state index is 2.49. The van der Waals surface area contributed by atoms with Gasteiger partial charge < -0.3 is 9.47 Å². The Kier molecular flexibility index (Phi) is 8.66. The molecule has 2 nitrogen and oxygen atoms in total. The smallest absolute Gasteiger partial charge is 0.0553 e. The molecule has 0 N–H and O–H groups in total. The van der Waals surface area contributed by atoms with Gasteiger partial charge in [-0.15, -0.1) is 0 Å². The molecule has 0 radical (unpaired) electrons. The summed E-state index contributed by atoms with van der Waals surface area (Å²) in [6, 6.07) is 89.9. The van der Waals surface area contributed by atoms with Crippen molar-refractivity contribution >= 4 is 71.2 Å². The first-order valence-corrected chi connectivity index (χ1v) is 24.1. The van der Waals surface area contributed by atoms with Crippen molar-refractivity contribution in [1.29, 1.82) is 0 Å². The number of rotatable bonds is 7. The summed E-state index contributed by atoms with van der Waals surface area (Å²) in [5, 5.41) is 10.3. The Hall–Kier alpha value is -8.72. The fourth-order valence-electron chi connectivity index (χ4n) is 11.7. The molecule has 1 heterocycles. The fourth-order valence-corrected chi connectivity index (χ4v) is 11.7. The van der Waals surface area contributed by atoms with Gasteiger partial charge in [0.05, 0.1) is 11.0 Å². The molecule has 0 saturated carbocycles. The summed E-state index contributed by atoms with van der Waals surface area (Å²) in [5.41, 5.74) is 19.4. The minimum Gasteiger partial charge on any atom is -0.310 e. The van der Waals surface area contributed by atoms with E-state index in [9.17, 15) is 0 Å². The largest absolute Gasteiger partial charge is 0.310 e. The molecule has 0 bridgehead atoms. The molecule has 2 heteroatoms. The topological polar surface area (TPSA) is 8.17 Å². The van der Waals surface area contributed by atoms with Crippen LogP contribution in [0.1, 0.15) is 25.0 Å². The highest BCUT2D eigenvalue weighted by molar-refractivity contribution is 6.33. The molecule has 1 aliphatic rings. The predicted molar refractivity (Wildman–Crippen MR) is 293 cm³/mol. The van der Waals surface area contributed by atoms with E-state index in [2.05, 4.69) is 266 Å². The van der Waals surface area contributed by atoms with Gasteiger partial charge in [0.25, 0.3) is 0 Å². The quantitative estimate of drug-likeness (QED) is 0.145. The van der Waals surface area contributed by atoms with E-state index in [0.29, 0.717) is 0 Å². The molecule has 69 heavy (non-hydrogen) atoms. The Morgan fingerprint density at radius 1 is 0.319 bits per heavy atom. The molecule has 0 aliphatic heterocycles. The van der Waals surface area contributed by atoms with Gasteiger partial charge in [0.2, 0.25) is 0 Å². The summed E-state index contributed by atoms with van der Waals surface area (Å²) in [6.45, 7) is 4.72. The maximum atomic E-state index is 2.49. The van der Waals surface area contributed by atoms with Gasteiger partial charge in [0.15, 0.2) is 0 Å². The maximum Gasteiger partial charge on any atom is 0.0553 e. The third-order valence-corrected chi connectivity index (χ3v) is 15.1. The van der Waals surface area contributed by atoms with E-state index < -0.39 is 0 Å². The van der Waals surface area contributed by atoms with E-state index in [1.807, 2.05) is 0 Å². The van der Waals surface area contributed by atoms with Crippen LogP contribution in [0.5, 0.6) is 0 Å². The fraction of sp³-hybridized carbons (Fsp3) is 0.0448. The zero-order valence-corrected chi connectivity index (χ0v) is 38.5. The predicted octanol–water partition coefficient (Wildman–Crippen LogP) is 18.5. The van der Waals surface area contributed by atoms with Crippen LogP contribution in [0.3, 0.4) is 0 Å². The number of hydrogen-bond acceptors (Lipinski definition) is 1. The normalized spacial score (nSPS) is 12.9. The molecule has 13 aromatic rings. The summed E-state index contributed by atoms with van der Waals surface area (Å²) in [7, 11) is 0. The molecule has 0 atom stereocenters. The minimum atomic E-state index is -0.114. The summed E-state index contributed by atoms with van der Waals surface area (Å²) in [6.07, 6.45) is 0. The van der Waals surface area contributed by atoms with Crippen molar-refractivity contribution in [3.63, 3.8) is 0 Å². The number of anilines is 3. The lowest BCUT2D eigenvalue weighted by Gasteiger charge is -2.28. The molecule has 14 rings (SSSR count). The first-order valence-electron chi connectivity index (χ1n) is 24.1. The first kappa shape index (κ1) is 39.4. The molecule has 324 valence electrons. The third kappa shape index (κ3) is 6.12. The lowest BCUT2D eigenvalue weighted by Crippen LogP contribution is -2.16. The molecule has 0 saturated heterocycles. The zero-order valence-electron chi connectivity index (χ0n) is 38.5. The molecule has 0 spiro atoms. The lowest BCUT2D eigenvalue weighted by atomic mass is 9.82. The highest BCUT2D eigenvalue weighted by Crippen LogP contribution is 2.51. The highest BCUT2D eigenvalue weighted by atomic mass is 15.1. The molecule has 0 unspecified atom stereocenters.